The van der Waals surface area contributed by atoms with Gasteiger partial charge in [-0.15, -0.1) is 0 Å². The minimum atomic E-state index is 1.03. The standard InChI is InChI=1S/C52H46Br2N4/c1-3-5-7-33-9-13-35(14-10-33)49-41-25-29-45(55-41)51(37-17-21-39(53)22-18-37)47-31-27-43(57-47)50(36-15-11-34(12-16-36)8-6-4-2)44-28-32-48(58-44)52(46-30-26-42(49)56-46)38-19-23-40(54)24-20-38/h9-32,55-58H,3-8H2,1-2H3. The van der Waals surface area contributed by atoms with Crippen LogP contribution < -0.4 is 21.4 Å². The maximum Gasteiger partial charge on any atom is 0.0485 e. The quantitative estimate of drug-likeness (QED) is 0.106. The van der Waals surface area contributed by atoms with Gasteiger partial charge in [0.05, 0.1) is 0 Å². The lowest BCUT2D eigenvalue weighted by molar-refractivity contribution is 0.795. The summed E-state index contributed by atoms with van der Waals surface area (Å²) in [5.41, 5.74) is 15.9. The van der Waals surface area contributed by atoms with Gasteiger partial charge >= 0.3 is 0 Å². The first-order valence-corrected chi connectivity index (χ1v) is 22.0. The number of aryl methyl sites for hydroxylation is 2. The average molecular weight is 887 g/mol. The van der Waals surface area contributed by atoms with Crippen molar-refractivity contribution in [2.75, 3.05) is 0 Å². The summed E-state index contributed by atoms with van der Waals surface area (Å²) < 4.78 is 2.09. The lowest BCUT2D eigenvalue weighted by Crippen LogP contribution is -2.19. The Bertz CT molecular complexity index is 2750. The molecule has 288 valence electrons. The minimum Gasteiger partial charge on any atom is -0.354 e. The molecule has 0 radical (unpaired) electrons. The van der Waals surface area contributed by atoms with E-state index < -0.39 is 0 Å². The summed E-state index contributed by atoms with van der Waals surface area (Å²) in [4.78, 5) is 15.7. The van der Waals surface area contributed by atoms with Crippen LogP contribution in [0.2, 0.25) is 0 Å². The zero-order valence-electron chi connectivity index (χ0n) is 32.9. The number of aromatic amines is 4. The number of halogens is 2. The molecule has 0 amide bonds. The van der Waals surface area contributed by atoms with Crippen LogP contribution in [0.5, 0.6) is 0 Å². The van der Waals surface area contributed by atoms with Crippen LogP contribution in [0.4, 0.5) is 0 Å². The highest BCUT2D eigenvalue weighted by Crippen LogP contribution is 2.29. The summed E-state index contributed by atoms with van der Waals surface area (Å²) in [5, 5.41) is 4.16. The van der Waals surface area contributed by atoms with E-state index in [0.29, 0.717) is 0 Å². The Kier molecular flexibility index (Phi) is 11.0. The summed E-state index contributed by atoms with van der Waals surface area (Å²) in [6.07, 6.45) is 6.90. The molecule has 5 heterocycles. The Balaban J connectivity index is 1.36. The van der Waals surface area contributed by atoms with E-state index in [9.17, 15) is 0 Å². The lowest BCUT2D eigenvalue weighted by Gasteiger charge is -2.11. The number of fused-ring (bicyclic) bond motifs is 8. The van der Waals surface area contributed by atoms with Crippen LogP contribution in [0.3, 0.4) is 0 Å². The van der Waals surface area contributed by atoms with Crippen LogP contribution >= 0.6 is 31.9 Å². The molecule has 0 spiro atoms. The first kappa shape index (κ1) is 38.0. The molecule has 1 aliphatic heterocycles. The molecule has 0 aliphatic carbocycles. The van der Waals surface area contributed by atoms with E-state index in [0.717, 1.165) is 111 Å². The highest BCUT2D eigenvalue weighted by Gasteiger charge is 2.18. The molecule has 4 nitrogen and oxygen atoms in total. The van der Waals surface area contributed by atoms with Crippen molar-refractivity contribution >= 4 is 54.2 Å². The summed E-state index contributed by atoms with van der Waals surface area (Å²) in [6, 6.07) is 53.3. The number of H-pyrrole nitrogens is 4. The predicted octanol–water partition coefficient (Wildman–Crippen LogP) is 10.5. The number of hydrogen-bond donors (Lipinski definition) is 4. The molecule has 0 atom stereocenters. The van der Waals surface area contributed by atoms with Crippen molar-refractivity contribution in [2.24, 2.45) is 0 Å². The van der Waals surface area contributed by atoms with Gasteiger partial charge in [-0.2, -0.15) is 0 Å². The van der Waals surface area contributed by atoms with Crippen LogP contribution in [0.1, 0.15) is 95.7 Å². The van der Waals surface area contributed by atoms with E-state index in [1.54, 1.807) is 0 Å². The van der Waals surface area contributed by atoms with E-state index in [-0.39, 0.29) is 0 Å². The van der Waals surface area contributed by atoms with Gasteiger partial charge in [-0.3, -0.25) is 0 Å². The third-order valence-corrected chi connectivity index (χ3v) is 12.3. The van der Waals surface area contributed by atoms with E-state index in [1.165, 1.54) is 36.8 Å². The Morgan fingerprint density at radius 2 is 0.603 bits per heavy atom. The molecule has 0 fully saturated rings. The van der Waals surface area contributed by atoms with Crippen LogP contribution in [0.15, 0.2) is 155 Å². The first-order chi connectivity index (χ1) is 28.4. The van der Waals surface area contributed by atoms with Crippen molar-refractivity contribution in [2.45, 2.75) is 52.4 Å². The van der Waals surface area contributed by atoms with Gasteiger partial charge in [-0.05, 0) is 132 Å². The number of benzene rings is 4. The Hall–Kier alpha value is -5.56. The lowest BCUT2D eigenvalue weighted by atomic mass is 9.99. The number of rotatable bonds is 10. The summed E-state index contributed by atoms with van der Waals surface area (Å²) in [6.45, 7) is 4.50. The molecular weight excluding hydrogens is 840 g/mol. The molecule has 0 unspecified atom stereocenters. The Morgan fingerprint density at radius 1 is 0.328 bits per heavy atom. The van der Waals surface area contributed by atoms with Gasteiger partial charge in [0.2, 0.25) is 0 Å². The smallest absolute Gasteiger partial charge is 0.0485 e. The third kappa shape index (κ3) is 7.71. The van der Waals surface area contributed by atoms with Crippen LogP contribution in [-0.2, 0) is 12.8 Å². The molecule has 9 rings (SSSR count). The van der Waals surface area contributed by atoms with Gasteiger partial charge < -0.3 is 19.9 Å². The van der Waals surface area contributed by atoms with Gasteiger partial charge in [0.15, 0.2) is 0 Å². The molecule has 4 aromatic heterocycles. The normalized spacial score (nSPS) is 12.8. The van der Waals surface area contributed by atoms with E-state index in [1.807, 2.05) is 0 Å². The fourth-order valence-electron chi connectivity index (χ4n) is 8.24. The predicted molar refractivity (Wildman–Crippen MR) is 247 cm³/mol. The molecular formula is C52H46Br2N4. The SMILES string of the molecule is CCCCc1ccc(C2=c3ccc([nH]3)=C(c3ccc(Br)cc3)c3ccc([nH]3)C(c3ccc(CCCC)cc3)=c3ccc([nH]3)=C(c3ccc(Br)cc3)c3ccc2[nH]3)cc1. The van der Waals surface area contributed by atoms with Gasteiger partial charge in [0.1, 0.15) is 0 Å². The molecule has 58 heavy (non-hydrogen) atoms. The second-order valence-corrected chi connectivity index (χ2v) is 17.1. The zero-order chi connectivity index (χ0) is 39.6. The fourth-order valence-corrected chi connectivity index (χ4v) is 8.77. The van der Waals surface area contributed by atoms with Crippen LogP contribution in [-0.4, -0.2) is 19.9 Å². The Labute approximate surface area is 356 Å². The maximum atomic E-state index is 3.92. The molecule has 6 heteroatoms. The van der Waals surface area contributed by atoms with Crippen LogP contribution in [0, 0.1) is 0 Å². The highest BCUT2D eigenvalue weighted by atomic mass is 79.9. The summed E-state index contributed by atoms with van der Waals surface area (Å²) in [5.74, 6) is 0. The fraction of sp³-hybridized carbons (Fsp3) is 0.154. The van der Waals surface area contributed by atoms with E-state index in [2.05, 4.69) is 211 Å². The summed E-state index contributed by atoms with van der Waals surface area (Å²) in [7, 11) is 0. The van der Waals surface area contributed by atoms with Crippen molar-refractivity contribution in [1.29, 1.82) is 0 Å². The van der Waals surface area contributed by atoms with Crippen LogP contribution in [0.25, 0.3) is 22.3 Å². The number of nitrogens with one attached hydrogen (secondary N) is 4. The van der Waals surface area contributed by atoms with Crippen molar-refractivity contribution < 1.29 is 0 Å². The second-order valence-electron chi connectivity index (χ2n) is 15.3. The van der Waals surface area contributed by atoms with Gasteiger partial charge in [0.25, 0.3) is 0 Å². The molecule has 8 aromatic rings. The zero-order valence-corrected chi connectivity index (χ0v) is 36.0. The average Bonchev–Trinajstić information content (AvgIpc) is 4.10. The molecule has 8 bridgehead atoms. The molecule has 1 aliphatic rings. The number of hydrogen-bond acceptors (Lipinski definition) is 0. The first-order valence-electron chi connectivity index (χ1n) is 20.4. The van der Waals surface area contributed by atoms with E-state index in [4.69, 9.17) is 0 Å². The maximum absolute atomic E-state index is 3.92. The molecule has 4 aromatic carbocycles. The largest absolute Gasteiger partial charge is 0.354 e. The topological polar surface area (TPSA) is 63.2 Å². The molecule has 4 N–H and O–H groups in total. The van der Waals surface area contributed by atoms with Gasteiger partial charge in [-0.25, -0.2) is 0 Å². The Morgan fingerprint density at radius 3 is 0.879 bits per heavy atom. The third-order valence-electron chi connectivity index (χ3n) is 11.3. The van der Waals surface area contributed by atoms with Gasteiger partial charge in [-0.1, -0.05) is 131 Å². The van der Waals surface area contributed by atoms with Crippen molar-refractivity contribution in [3.05, 3.63) is 232 Å². The molecule has 0 saturated heterocycles. The number of unbranched alkanes of at least 4 members (excludes halogenated alkanes) is 2. The summed E-state index contributed by atoms with van der Waals surface area (Å²) >= 11 is 7.35. The highest BCUT2D eigenvalue weighted by molar-refractivity contribution is 9.10. The van der Waals surface area contributed by atoms with E-state index >= 15 is 0 Å². The van der Waals surface area contributed by atoms with Crippen molar-refractivity contribution in [3.63, 3.8) is 0 Å². The monoisotopic (exact) mass is 884 g/mol. The van der Waals surface area contributed by atoms with Crippen molar-refractivity contribution in [1.82, 2.24) is 19.9 Å². The minimum absolute atomic E-state index is 1.03. The van der Waals surface area contributed by atoms with Gasteiger partial charge in [0, 0.05) is 75.4 Å². The number of aromatic nitrogens is 4. The second kappa shape index (κ2) is 16.7. The molecule has 0 saturated carbocycles. The van der Waals surface area contributed by atoms with Crippen molar-refractivity contribution in [3.8, 4) is 0 Å².